The van der Waals surface area contributed by atoms with E-state index in [1.54, 1.807) is 18.2 Å². The van der Waals surface area contributed by atoms with Gasteiger partial charge in [-0.3, -0.25) is 4.79 Å². The summed E-state index contributed by atoms with van der Waals surface area (Å²) >= 11 is 3.01. The second-order valence-corrected chi connectivity index (χ2v) is 7.74. The summed E-state index contributed by atoms with van der Waals surface area (Å²) in [5.74, 6) is 0.0222. The quantitative estimate of drug-likeness (QED) is 0.356. The van der Waals surface area contributed by atoms with Crippen molar-refractivity contribution < 1.29 is 18.4 Å². The maximum absolute atomic E-state index is 12.2. The molecule has 4 aromatic rings. The standard InChI is InChI=1S/C19H13NO5S2/c1-11-9-26-19(20-11)27-10-13-7-14(21)17(8-23-13)25-18(22)16-6-12-4-2-3-5-15(12)24-16/h2-9H,10H2,1H3. The van der Waals surface area contributed by atoms with Crippen molar-refractivity contribution in [2.24, 2.45) is 0 Å². The normalized spacial score (nSPS) is 11.0. The Morgan fingerprint density at radius 3 is 2.89 bits per heavy atom. The van der Waals surface area contributed by atoms with Crippen LogP contribution in [-0.4, -0.2) is 11.0 Å². The number of thiazole rings is 1. The predicted octanol–water partition coefficient (Wildman–Crippen LogP) is 4.66. The molecule has 3 heterocycles. The smallest absolute Gasteiger partial charge is 0.379 e. The zero-order valence-corrected chi connectivity index (χ0v) is 15.8. The number of carbonyl (C=O) groups excluding carboxylic acids is 1. The van der Waals surface area contributed by atoms with Gasteiger partial charge >= 0.3 is 5.97 Å². The van der Waals surface area contributed by atoms with Crippen LogP contribution < -0.4 is 10.2 Å². The first-order valence-electron chi connectivity index (χ1n) is 7.96. The molecule has 136 valence electrons. The number of hydrogen-bond acceptors (Lipinski definition) is 8. The van der Waals surface area contributed by atoms with E-state index in [1.165, 1.54) is 29.2 Å². The van der Waals surface area contributed by atoms with Gasteiger partial charge in [0.25, 0.3) is 0 Å². The van der Waals surface area contributed by atoms with Crippen LogP contribution in [0.5, 0.6) is 5.75 Å². The number of fused-ring (bicyclic) bond motifs is 1. The number of nitrogens with zero attached hydrogens (tertiary/aromatic N) is 1. The second-order valence-electron chi connectivity index (χ2n) is 5.66. The molecule has 0 saturated heterocycles. The van der Waals surface area contributed by atoms with Gasteiger partial charge in [-0.15, -0.1) is 11.3 Å². The van der Waals surface area contributed by atoms with Crippen molar-refractivity contribution in [1.29, 1.82) is 0 Å². The molecule has 6 nitrogen and oxygen atoms in total. The van der Waals surface area contributed by atoms with E-state index in [0.717, 1.165) is 21.7 Å². The summed E-state index contributed by atoms with van der Waals surface area (Å²) in [6, 6.07) is 10.1. The van der Waals surface area contributed by atoms with Crippen LogP contribution in [0.15, 0.2) is 66.0 Å². The van der Waals surface area contributed by atoms with Gasteiger partial charge in [-0.05, 0) is 19.1 Å². The van der Waals surface area contributed by atoms with Gasteiger partial charge < -0.3 is 13.6 Å². The molecule has 8 heteroatoms. The summed E-state index contributed by atoms with van der Waals surface area (Å²) < 4.78 is 16.9. The van der Waals surface area contributed by atoms with E-state index in [2.05, 4.69) is 4.98 Å². The van der Waals surface area contributed by atoms with Crippen molar-refractivity contribution in [2.75, 3.05) is 0 Å². The zero-order valence-electron chi connectivity index (χ0n) is 14.1. The van der Waals surface area contributed by atoms with E-state index in [1.807, 2.05) is 24.4 Å². The summed E-state index contributed by atoms with van der Waals surface area (Å²) in [6.45, 7) is 1.92. The number of thioether (sulfide) groups is 1. The Hall–Kier alpha value is -2.84. The van der Waals surface area contributed by atoms with Gasteiger partial charge in [0.15, 0.2) is 4.34 Å². The number of aryl methyl sites for hydroxylation is 1. The minimum atomic E-state index is -0.751. The first-order valence-corrected chi connectivity index (χ1v) is 9.82. The minimum Gasteiger partial charge on any atom is -0.464 e. The summed E-state index contributed by atoms with van der Waals surface area (Å²) in [6.07, 6.45) is 1.14. The number of rotatable bonds is 5. The molecule has 0 spiro atoms. The molecule has 4 rings (SSSR count). The zero-order chi connectivity index (χ0) is 18.8. The van der Waals surface area contributed by atoms with E-state index in [0.29, 0.717) is 17.1 Å². The largest absolute Gasteiger partial charge is 0.464 e. The van der Waals surface area contributed by atoms with Gasteiger partial charge in [-0.2, -0.15) is 0 Å². The minimum absolute atomic E-state index is 0.0226. The molecular formula is C19H13NO5S2. The van der Waals surface area contributed by atoms with Gasteiger partial charge in [-0.1, -0.05) is 30.0 Å². The van der Waals surface area contributed by atoms with E-state index >= 15 is 0 Å². The number of carbonyl (C=O) groups is 1. The molecule has 27 heavy (non-hydrogen) atoms. The molecule has 0 N–H and O–H groups in total. The lowest BCUT2D eigenvalue weighted by molar-refractivity contribution is 0.0698. The maximum atomic E-state index is 12.2. The summed E-state index contributed by atoms with van der Waals surface area (Å²) in [5.41, 5.74) is 1.09. The molecule has 0 radical (unpaired) electrons. The van der Waals surface area contributed by atoms with Gasteiger partial charge in [-0.25, -0.2) is 9.78 Å². The monoisotopic (exact) mass is 399 g/mol. The number of para-hydroxylation sites is 1. The highest BCUT2D eigenvalue weighted by atomic mass is 32.2. The van der Waals surface area contributed by atoms with E-state index in [9.17, 15) is 9.59 Å². The van der Waals surface area contributed by atoms with Gasteiger partial charge in [0.05, 0.1) is 5.75 Å². The Morgan fingerprint density at radius 2 is 2.15 bits per heavy atom. The Kier molecular flexibility index (Phi) is 4.83. The molecule has 0 saturated carbocycles. The topological polar surface area (TPSA) is 82.5 Å². The fourth-order valence-electron chi connectivity index (χ4n) is 2.35. The van der Waals surface area contributed by atoms with Gasteiger partial charge in [0, 0.05) is 22.5 Å². The van der Waals surface area contributed by atoms with Crippen molar-refractivity contribution >= 4 is 40.0 Å². The average Bonchev–Trinajstić information content (AvgIpc) is 3.28. The molecular weight excluding hydrogens is 386 g/mol. The van der Waals surface area contributed by atoms with Crippen LogP contribution >= 0.6 is 23.1 Å². The highest BCUT2D eigenvalue weighted by Gasteiger charge is 2.17. The van der Waals surface area contributed by atoms with E-state index in [-0.39, 0.29) is 11.5 Å². The highest BCUT2D eigenvalue weighted by Crippen LogP contribution is 2.26. The second kappa shape index (κ2) is 7.42. The van der Waals surface area contributed by atoms with E-state index in [4.69, 9.17) is 13.6 Å². The van der Waals surface area contributed by atoms with Crippen molar-refractivity contribution in [2.45, 2.75) is 17.0 Å². The Bertz CT molecular complexity index is 1140. The van der Waals surface area contributed by atoms with Crippen molar-refractivity contribution in [1.82, 2.24) is 4.98 Å². The fraction of sp³-hybridized carbons (Fsp3) is 0.105. The maximum Gasteiger partial charge on any atom is 0.379 e. The summed E-state index contributed by atoms with van der Waals surface area (Å²) in [7, 11) is 0. The van der Waals surface area contributed by atoms with Crippen LogP contribution in [0.1, 0.15) is 22.0 Å². The fourth-order valence-corrected chi connectivity index (χ4v) is 4.09. The van der Waals surface area contributed by atoms with Crippen LogP contribution in [0.4, 0.5) is 0 Å². The Labute approximate surface area is 161 Å². The van der Waals surface area contributed by atoms with Crippen LogP contribution in [-0.2, 0) is 5.75 Å². The van der Waals surface area contributed by atoms with Crippen LogP contribution in [0, 0.1) is 6.92 Å². The third kappa shape index (κ3) is 3.96. The predicted molar refractivity (Wildman–Crippen MR) is 103 cm³/mol. The van der Waals surface area contributed by atoms with Gasteiger partial charge in [0.1, 0.15) is 17.6 Å². The van der Waals surface area contributed by atoms with Gasteiger partial charge in [0.2, 0.25) is 16.9 Å². The average molecular weight is 399 g/mol. The first-order chi connectivity index (χ1) is 13.1. The molecule has 0 fully saturated rings. The lowest BCUT2D eigenvalue weighted by atomic mass is 10.2. The number of furan rings is 1. The molecule has 0 aliphatic carbocycles. The van der Waals surface area contributed by atoms with Crippen LogP contribution in [0.2, 0.25) is 0 Å². The molecule has 0 aliphatic heterocycles. The molecule has 1 aromatic carbocycles. The lowest BCUT2D eigenvalue weighted by Crippen LogP contribution is -2.14. The Morgan fingerprint density at radius 1 is 1.30 bits per heavy atom. The summed E-state index contributed by atoms with van der Waals surface area (Å²) in [4.78, 5) is 28.8. The SMILES string of the molecule is Cc1csc(SCc2cc(=O)c(OC(=O)c3cc4ccccc4o3)co2)n1. The molecule has 0 unspecified atom stereocenters. The third-order valence-corrected chi connectivity index (χ3v) is 5.78. The molecule has 0 amide bonds. The van der Waals surface area contributed by atoms with Crippen LogP contribution in [0.25, 0.3) is 11.0 Å². The number of hydrogen-bond donors (Lipinski definition) is 0. The number of aromatic nitrogens is 1. The van der Waals surface area contributed by atoms with Crippen molar-refractivity contribution in [3.8, 4) is 5.75 Å². The van der Waals surface area contributed by atoms with Crippen molar-refractivity contribution in [3.63, 3.8) is 0 Å². The summed E-state index contributed by atoms with van der Waals surface area (Å²) in [5, 5.41) is 2.74. The third-order valence-electron chi connectivity index (χ3n) is 3.62. The molecule has 3 aromatic heterocycles. The molecule has 0 atom stereocenters. The highest BCUT2D eigenvalue weighted by molar-refractivity contribution is 8.00. The Balaban J connectivity index is 1.45. The molecule has 0 bridgehead atoms. The lowest BCUT2D eigenvalue weighted by Gasteiger charge is -2.02. The number of benzene rings is 1. The molecule has 0 aliphatic rings. The number of esters is 1. The van der Waals surface area contributed by atoms with E-state index < -0.39 is 11.4 Å². The number of ether oxygens (including phenoxy) is 1. The van der Waals surface area contributed by atoms with Crippen molar-refractivity contribution in [3.05, 3.63) is 75.5 Å². The first kappa shape index (κ1) is 17.6. The van der Waals surface area contributed by atoms with Crippen LogP contribution in [0.3, 0.4) is 0 Å².